The molecular weight excluding hydrogens is 413 g/mol. The molecule has 0 radical (unpaired) electrons. The van der Waals surface area contributed by atoms with E-state index in [0.717, 1.165) is 22.3 Å². The van der Waals surface area contributed by atoms with Crippen LogP contribution in [0.3, 0.4) is 0 Å². The number of rotatable bonds is 8. The molecule has 2 aromatic rings. The fourth-order valence-electron chi connectivity index (χ4n) is 3.09. The van der Waals surface area contributed by atoms with Crippen molar-refractivity contribution in [2.24, 2.45) is 0 Å². The van der Waals surface area contributed by atoms with E-state index in [1.807, 2.05) is 24.3 Å². The minimum atomic E-state index is -0.754. The third kappa shape index (κ3) is 5.27. The molecule has 30 heavy (non-hydrogen) atoms. The Morgan fingerprint density at radius 1 is 1.23 bits per heavy atom. The van der Waals surface area contributed by atoms with Crippen LogP contribution in [0.25, 0.3) is 0 Å². The van der Waals surface area contributed by atoms with Crippen LogP contribution in [0.5, 0.6) is 5.75 Å². The number of carbonyl (C=O) groups is 3. The average molecular weight is 434 g/mol. The van der Waals surface area contributed by atoms with Crippen molar-refractivity contribution in [2.75, 3.05) is 19.0 Å². The smallest absolute Gasteiger partial charge is 0.324 e. The number of urea groups is 1. The predicted molar refractivity (Wildman–Crippen MR) is 110 cm³/mol. The molecule has 2 aromatic carbocycles. The summed E-state index contributed by atoms with van der Waals surface area (Å²) in [5.74, 6) is -0.568. The van der Waals surface area contributed by atoms with Crippen molar-refractivity contribution in [1.82, 2.24) is 10.2 Å². The van der Waals surface area contributed by atoms with Crippen LogP contribution in [0, 0.1) is 5.82 Å². The minimum absolute atomic E-state index is 0.0119. The van der Waals surface area contributed by atoms with Gasteiger partial charge in [0, 0.05) is 18.7 Å². The van der Waals surface area contributed by atoms with E-state index < -0.39 is 17.9 Å². The summed E-state index contributed by atoms with van der Waals surface area (Å²) in [7, 11) is 1.58. The van der Waals surface area contributed by atoms with Gasteiger partial charge in [0.05, 0.1) is 12.1 Å². The maximum absolute atomic E-state index is 13.2. The van der Waals surface area contributed by atoms with Crippen molar-refractivity contribution < 1.29 is 23.5 Å². The SMILES string of the molecule is COc1ccc(CCN2C(=O)N[C@H](CCC(=O)Nc3ccc(F)c(Cl)c3)C2=O)cc1. The van der Waals surface area contributed by atoms with Gasteiger partial charge in [-0.25, -0.2) is 9.18 Å². The highest BCUT2D eigenvalue weighted by Crippen LogP contribution is 2.20. The highest BCUT2D eigenvalue weighted by molar-refractivity contribution is 6.31. The number of halogens is 2. The Morgan fingerprint density at radius 3 is 2.63 bits per heavy atom. The van der Waals surface area contributed by atoms with Crippen molar-refractivity contribution in [3.05, 3.63) is 58.9 Å². The molecule has 1 heterocycles. The van der Waals surface area contributed by atoms with Crippen LogP contribution < -0.4 is 15.4 Å². The summed E-state index contributed by atoms with van der Waals surface area (Å²) in [6.45, 7) is 0.244. The number of nitrogens with zero attached hydrogens (tertiary/aromatic N) is 1. The molecule has 0 aromatic heterocycles. The molecule has 3 rings (SSSR count). The predicted octanol–water partition coefficient (Wildman–Crippen LogP) is 3.37. The first-order valence-corrected chi connectivity index (χ1v) is 9.75. The molecule has 0 unspecified atom stereocenters. The topological polar surface area (TPSA) is 87.7 Å². The highest BCUT2D eigenvalue weighted by Gasteiger charge is 2.37. The maximum Gasteiger partial charge on any atom is 0.324 e. The maximum atomic E-state index is 13.2. The summed E-state index contributed by atoms with van der Waals surface area (Å²) in [6, 6.07) is 10.0. The van der Waals surface area contributed by atoms with Crippen LogP contribution in [0.15, 0.2) is 42.5 Å². The Balaban J connectivity index is 1.48. The van der Waals surface area contributed by atoms with E-state index in [1.165, 1.54) is 12.1 Å². The third-order valence-electron chi connectivity index (χ3n) is 4.75. The summed E-state index contributed by atoms with van der Waals surface area (Å²) in [6.07, 6.45) is 0.685. The van der Waals surface area contributed by atoms with Gasteiger partial charge in [0.2, 0.25) is 5.91 Å². The lowest BCUT2D eigenvalue weighted by Gasteiger charge is -2.13. The average Bonchev–Trinajstić information content (AvgIpc) is 3.01. The van der Waals surface area contributed by atoms with E-state index in [2.05, 4.69) is 10.6 Å². The largest absolute Gasteiger partial charge is 0.497 e. The second kappa shape index (κ2) is 9.58. The molecule has 4 amide bonds. The first kappa shape index (κ1) is 21.6. The van der Waals surface area contributed by atoms with Gasteiger partial charge < -0.3 is 15.4 Å². The summed E-state index contributed by atoms with van der Waals surface area (Å²) in [5.41, 5.74) is 1.33. The molecule has 9 heteroatoms. The zero-order valence-corrected chi connectivity index (χ0v) is 17.0. The van der Waals surface area contributed by atoms with Crippen molar-refractivity contribution >= 4 is 35.1 Å². The fraction of sp³-hybridized carbons (Fsp3) is 0.286. The van der Waals surface area contributed by atoms with Gasteiger partial charge in [0.15, 0.2) is 0 Å². The molecule has 1 aliphatic heterocycles. The third-order valence-corrected chi connectivity index (χ3v) is 5.04. The van der Waals surface area contributed by atoms with Gasteiger partial charge in [-0.3, -0.25) is 14.5 Å². The van der Waals surface area contributed by atoms with E-state index in [0.29, 0.717) is 12.1 Å². The van der Waals surface area contributed by atoms with Gasteiger partial charge in [-0.15, -0.1) is 0 Å². The van der Waals surface area contributed by atoms with Crippen LogP contribution in [-0.2, 0) is 16.0 Å². The molecule has 1 fully saturated rings. The molecule has 2 N–H and O–H groups in total. The monoisotopic (exact) mass is 433 g/mol. The van der Waals surface area contributed by atoms with Crippen molar-refractivity contribution in [1.29, 1.82) is 0 Å². The molecule has 0 saturated carbocycles. The summed E-state index contributed by atoms with van der Waals surface area (Å²) >= 11 is 5.69. The number of benzene rings is 2. The number of hydrogen-bond donors (Lipinski definition) is 2. The zero-order valence-electron chi connectivity index (χ0n) is 16.3. The first-order chi connectivity index (χ1) is 14.4. The molecule has 7 nitrogen and oxygen atoms in total. The lowest BCUT2D eigenvalue weighted by molar-refractivity contribution is -0.127. The van der Waals surface area contributed by atoms with Crippen molar-refractivity contribution in [3.8, 4) is 5.75 Å². The number of methoxy groups -OCH3 is 1. The van der Waals surface area contributed by atoms with Gasteiger partial charge in [-0.2, -0.15) is 0 Å². The molecule has 1 aliphatic rings. The quantitative estimate of drug-likeness (QED) is 0.625. The second-order valence-electron chi connectivity index (χ2n) is 6.81. The Hall–Kier alpha value is -3.13. The normalized spacial score (nSPS) is 15.8. The minimum Gasteiger partial charge on any atom is -0.497 e. The van der Waals surface area contributed by atoms with Gasteiger partial charge in [-0.1, -0.05) is 23.7 Å². The Kier molecular flexibility index (Phi) is 6.89. The van der Waals surface area contributed by atoms with Crippen LogP contribution in [0.2, 0.25) is 5.02 Å². The van der Waals surface area contributed by atoms with Crippen LogP contribution in [-0.4, -0.2) is 42.4 Å². The van der Waals surface area contributed by atoms with E-state index in [4.69, 9.17) is 16.3 Å². The number of anilines is 1. The van der Waals surface area contributed by atoms with Crippen LogP contribution >= 0.6 is 11.6 Å². The number of imide groups is 1. The number of ether oxygens (including phenoxy) is 1. The Bertz CT molecular complexity index is 952. The number of hydrogen-bond acceptors (Lipinski definition) is 4. The van der Waals surface area contributed by atoms with Crippen LogP contribution in [0.1, 0.15) is 18.4 Å². The van der Waals surface area contributed by atoms with E-state index in [-0.39, 0.29) is 36.2 Å². The zero-order chi connectivity index (χ0) is 21.7. The highest BCUT2D eigenvalue weighted by atomic mass is 35.5. The van der Waals surface area contributed by atoms with Gasteiger partial charge in [0.1, 0.15) is 17.6 Å². The lowest BCUT2D eigenvalue weighted by atomic mass is 10.1. The molecule has 1 atom stereocenters. The molecular formula is C21H21ClFN3O4. The van der Waals surface area contributed by atoms with Crippen LogP contribution in [0.4, 0.5) is 14.9 Å². The lowest BCUT2D eigenvalue weighted by Crippen LogP contribution is -2.33. The van der Waals surface area contributed by atoms with Crippen molar-refractivity contribution in [2.45, 2.75) is 25.3 Å². The molecule has 0 spiro atoms. The van der Waals surface area contributed by atoms with Gasteiger partial charge in [-0.05, 0) is 48.7 Å². The molecule has 1 saturated heterocycles. The Morgan fingerprint density at radius 2 is 1.97 bits per heavy atom. The fourth-order valence-corrected chi connectivity index (χ4v) is 3.27. The second-order valence-corrected chi connectivity index (χ2v) is 7.21. The number of amides is 4. The molecule has 0 bridgehead atoms. The van der Waals surface area contributed by atoms with E-state index in [1.54, 1.807) is 7.11 Å². The van der Waals surface area contributed by atoms with E-state index in [9.17, 15) is 18.8 Å². The van der Waals surface area contributed by atoms with Gasteiger partial charge in [0.25, 0.3) is 5.91 Å². The van der Waals surface area contributed by atoms with E-state index >= 15 is 0 Å². The molecule has 158 valence electrons. The number of carbonyl (C=O) groups excluding carboxylic acids is 3. The summed E-state index contributed by atoms with van der Waals surface area (Å²) < 4.78 is 18.3. The van der Waals surface area contributed by atoms with Crippen molar-refractivity contribution in [3.63, 3.8) is 0 Å². The summed E-state index contributed by atoms with van der Waals surface area (Å²) in [4.78, 5) is 37.9. The Labute approximate surface area is 178 Å². The summed E-state index contributed by atoms with van der Waals surface area (Å²) in [5, 5.41) is 5.10. The standard InChI is InChI=1S/C21H21ClFN3O4/c1-30-15-5-2-13(3-6-15)10-11-26-20(28)18(25-21(26)29)8-9-19(27)24-14-4-7-17(23)16(22)12-14/h2-7,12,18H,8-11H2,1H3,(H,24,27)(H,25,29)/t18-/m1/s1. The van der Waals surface area contributed by atoms with Gasteiger partial charge >= 0.3 is 6.03 Å². The number of nitrogens with one attached hydrogen (secondary N) is 2. The molecule has 0 aliphatic carbocycles. The first-order valence-electron chi connectivity index (χ1n) is 9.37.